The first-order chi connectivity index (χ1) is 11.8. The van der Waals surface area contributed by atoms with Crippen molar-refractivity contribution in [3.8, 4) is 0 Å². The average Bonchev–Trinajstić information content (AvgIpc) is 3.10. The molecule has 0 radical (unpaired) electrons. The van der Waals surface area contributed by atoms with Gasteiger partial charge in [0, 0.05) is 43.2 Å². The number of halogens is 2. The van der Waals surface area contributed by atoms with Crippen LogP contribution >= 0.6 is 58.7 Å². The van der Waals surface area contributed by atoms with E-state index in [2.05, 4.69) is 32.5 Å². The molecule has 0 spiro atoms. The van der Waals surface area contributed by atoms with Gasteiger partial charge in [0.25, 0.3) is 0 Å². The molecule has 0 aromatic carbocycles. The van der Waals surface area contributed by atoms with Crippen molar-refractivity contribution < 1.29 is 0 Å². The number of hydrogen-bond donors (Lipinski definition) is 2. The van der Waals surface area contributed by atoms with E-state index in [0.717, 1.165) is 54.1 Å². The fraction of sp³-hybridized carbons (Fsp3) is 0.438. The predicted molar refractivity (Wildman–Crippen MR) is 120 cm³/mol. The van der Waals surface area contributed by atoms with E-state index in [1.165, 1.54) is 0 Å². The van der Waals surface area contributed by atoms with Crippen molar-refractivity contribution in [3.63, 3.8) is 0 Å². The Labute approximate surface area is 179 Å². The van der Waals surface area contributed by atoms with Crippen LogP contribution in [0.15, 0.2) is 39.2 Å². The fourth-order valence-electron chi connectivity index (χ4n) is 1.92. The van der Waals surface area contributed by atoms with E-state index in [1.807, 2.05) is 29.9 Å². The number of nitrogens with zero attached hydrogens (tertiary/aromatic N) is 3. The first-order valence-corrected chi connectivity index (χ1v) is 10.2. The lowest BCUT2D eigenvalue weighted by molar-refractivity contribution is 0.793. The van der Waals surface area contributed by atoms with E-state index < -0.39 is 0 Å². The molecule has 5 nitrogen and oxygen atoms in total. The molecule has 0 atom stereocenters. The van der Waals surface area contributed by atoms with Gasteiger partial charge in [-0.05, 0) is 31.4 Å². The summed E-state index contributed by atoms with van der Waals surface area (Å²) in [5, 5.41) is 9.15. The monoisotopic (exact) mass is 511 g/mol. The molecule has 9 heteroatoms. The fourth-order valence-corrected chi connectivity index (χ4v) is 3.66. The van der Waals surface area contributed by atoms with Crippen LogP contribution in [0.1, 0.15) is 18.9 Å². The van der Waals surface area contributed by atoms with Gasteiger partial charge in [-0.1, -0.05) is 29.4 Å². The van der Waals surface area contributed by atoms with Gasteiger partial charge in [0.15, 0.2) is 5.96 Å². The summed E-state index contributed by atoms with van der Waals surface area (Å²) in [6.07, 6.45) is 5.56. The van der Waals surface area contributed by atoms with Gasteiger partial charge in [-0.15, -0.1) is 35.3 Å². The normalized spacial score (nSPS) is 11.0. The number of nitrogens with one attached hydrogen (secondary N) is 2. The molecule has 2 N–H and O–H groups in total. The zero-order chi connectivity index (χ0) is 17.0. The van der Waals surface area contributed by atoms with Crippen molar-refractivity contribution in [2.45, 2.75) is 24.1 Å². The predicted octanol–water partition coefficient (Wildman–Crippen LogP) is 4.09. The van der Waals surface area contributed by atoms with Crippen LogP contribution in [-0.4, -0.2) is 41.3 Å². The third-order valence-electron chi connectivity index (χ3n) is 3.05. The standard InChI is InChI=1S/C16H22ClN5S2.HI/c1-2-18-15(19-7-3-10-23-16-21-9-11-24-16)20-8-6-13-4-5-14(17)22-12-13;/h4-5,9,11-12H,2-3,6-8,10H2,1H3,(H2,18,19,20);1H. The molecule has 0 saturated carbocycles. The second-order valence-electron chi connectivity index (χ2n) is 4.93. The number of aromatic nitrogens is 2. The first kappa shape index (κ1) is 22.5. The van der Waals surface area contributed by atoms with Crippen molar-refractivity contribution in [3.05, 3.63) is 40.6 Å². The number of rotatable bonds is 9. The van der Waals surface area contributed by atoms with Gasteiger partial charge < -0.3 is 10.6 Å². The molecular weight excluding hydrogens is 489 g/mol. The molecule has 2 rings (SSSR count). The first-order valence-electron chi connectivity index (χ1n) is 7.93. The molecule has 0 bridgehead atoms. The Kier molecular flexibility index (Phi) is 12.2. The van der Waals surface area contributed by atoms with E-state index in [-0.39, 0.29) is 24.0 Å². The Hall–Kier alpha value is -0.580. The van der Waals surface area contributed by atoms with Crippen LogP contribution in [0.4, 0.5) is 0 Å². The highest BCUT2D eigenvalue weighted by atomic mass is 127. The maximum atomic E-state index is 5.79. The Balaban J connectivity index is 0.00000312. The molecule has 0 saturated heterocycles. The van der Waals surface area contributed by atoms with E-state index in [4.69, 9.17) is 11.6 Å². The zero-order valence-corrected chi connectivity index (χ0v) is 18.8. The summed E-state index contributed by atoms with van der Waals surface area (Å²) in [5.41, 5.74) is 1.16. The Morgan fingerprint density at radius 2 is 2.20 bits per heavy atom. The van der Waals surface area contributed by atoms with Gasteiger partial charge in [-0.3, -0.25) is 4.99 Å². The quantitative estimate of drug-likeness (QED) is 0.133. The number of hydrogen-bond acceptors (Lipinski definition) is 5. The lowest BCUT2D eigenvalue weighted by Crippen LogP contribution is -2.38. The summed E-state index contributed by atoms with van der Waals surface area (Å²) in [7, 11) is 0. The van der Waals surface area contributed by atoms with E-state index in [0.29, 0.717) is 5.15 Å². The summed E-state index contributed by atoms with van der Waals surface area (Å²) < 4.78 is 1.13. The highest BCUT2D eigenvalue weighted by molar-refractivity contribution is 14.0. The second-order valence-corrected chi connectivity index (χ2v) is 7.55. The number of pyridine rings is 1. The van der Waals surface area contributed by atoms with Crippen LogP contribution in [0, 0.1) is 0 Å². The number of aliphatic imine (C=N–C) groups is 1. The SMILES string of the molecule is CCNC(=NCCCSc1nccs1)NCCc1ccc(Cl)nc1.I. The third kappa shape index (κ3) is 9.62. The van der Waals surface area contributed by atoms with E-state index in [9.17, 15) is 0 Å². The topological polar surface area (TPSA) is 62.2 Å². The highest BCUT2D eigenvalue weighted by Gasteiger charge is 1.99. The van der Waals surface area contributed by atoms with E-state index >= 15 is 0 Å². The van der Waals surface area contributed by atoms with Gasteiger partial charge in [-0.2, -0.15) is 0 Å². The van der Waals surface area contributed by atoms with Crippen molar-refractivity contribution >= 4 is 64.6 Å². The second kappa shape index (κ2) is 13.6. The molecule has 0 aliphatic heterocycles. The van der Waals surface area contributed by atoms with Gasteiger partial charge >= 0.3 is 0 Å². The summed E-state index contributed by atoms with van der Waals surface area (Å²) in [5.74, 6) is 1.89. The van der Waals surface area contributed by atoms with Gasteiger partial charge in [-0.25, -0.2) is 9.97 Å². The molecular formula is C16H23ClIN5S2. The Bertz CT molecular complexity index is 607. The van der Waals surface area contributed by atoms with Crippen molar-refractivity contribution in [1.29, 1.82) is 0 Å². The molecule has 2 heterocycles. The van der Waals surface area contributed by atoms with Gasteiger partial charge in [0.05, 0.1) is 0 Å². The highest BCUT2D eigenvalue weighted by Crippen LogP contribution is 2.20. The third-order valence-corrected chi connectivity index (χ3v) is 5.32. The average molecular weight is 512 g/mol. The number of guanidine groups is 1. The summed E-state index contributed by atoms with van der Waals surface area (Å²) >= 11 is 9.26. The zero-order valence-electron chi connectivity index (χ0n) is 14.1. The molecule has 0 aliphatic carbocycles. The van der Waals surface area contributed by atoms with Crippen LogP contribution in [0.5, 0.6) is 0 Å². The minimum atomic E-state index is 0. The minimum Gasteiger partial charge on any atom is -0.357 e. The molecule has 0 unspecified atom stereocenters. The minimum absolute atomic E-state index is 0. The van der Waals surface area contributed by atoms with Crippen molar-refractivity contribution in [2.24, 2.45) is 4.99 Å². The van der Waals surface area contributed by atoms with Crippen molar-refractivity contribution in [1.82, 2.24) is 20.6 Å². The molecule has 0 amide bonds. The lowest BCUT2D eigenvalue weighted by atomic mass is 10.2. The molecule has 138 valence electrons. The molecule has 2 aromatic heterocycles. The molecule has 0 fully saturated rings. The number of thiazole rings is 1. The molecule has 0 aliphatic rings. The largest absolute Gasteiger partial charge is 0.357 e. The van der Waals surface area contributed by atoms with Crippen LogP contribution in [0.3, 0.4) is 0 Å². The number of thioether (sulfide) groups is 1. The molecule has 2 aromatic rings. The van der Waals surface area contributed by atoms with Gasteiger partial charge in [0.1, 0.15) is 9.49 Å². The van der Waals surface area contributed by atoms with Crippen LogP contribution in [-0.2, 0) is 6.42 Å². The smallest absolute Gasteiger partial charge is 0.191 e. The van der Waals surface area contributed by atoms with E-state index in [1.54, 1.807) is 23.1 Å². The van der Waals surface area contributed by atoms with Crippen LogP contribution in [0.25, 0.3) is 0 Å². The lowest BCUT2D eigenvalue weighted by Gasteiger charge is -2.11. The van der Waals surface area contributed by atoms with Gasteiger partial charge in [0.2, 0.25) is 0 Å². The Morgan fingerprint density at radius 1 is 1.32 bits per heavy atom. The Morgan fingerprint density at radius 3 is 2.88 bits per heavy atom. The summed E-state index contributed by atoms with van der Waals surface area (Å²) in [6.45, 7) is 4.53. The van der Waals surface area contributed by atoms with Crippen LogP contribution in [0.2, 0.25) is 5.15 Å². The van der Waals surface area contributed by atoms with Crippen LogP contribution < -0.4 is 10.6 Å². The summed E-state index contributed by atoms with van der Waals surface area (Å²) in [4.78, 5) is 13.0. The van der Waals surface area contributed by atoms with Crippen molar-refractivity contribution in [2.75, 3.05) is 25.4 Å². The summed E-state index contributed by atoms with van der Waals surface area (Å²) in [6, 6.07) is 3.81. The maximum Gasteiger partial charge on any atom is 0.191 e. The maximum absolute atomic E-state index is 5.79. The molecule has 25 heavy (non-hydrogen) atoms.